The lowest BCUT2D eigenvalue weighted by atomic mass is 10.2. The maximum absolute atomic E-state index is 12.7. The van der Waals surface area contributed by atoms with Gasteiger partial charge in [0.25, 0.3) is 5.91 Å². The van der Waals surface area contributed by atoms with Gasteiger partial charge < -0.3 is 19.1 Å². The normalized spacial score (nSPS) is 14.6. The van der Waals surface area contributed by atoms with Gasteiger partial charge in [-0.25, -0.2) is 0 Å². The summed E-state index contributed by atoms with van der Waals surface area (Å²) in [5, 5.41) is 1.78. The second-order valence-corrected chi connectivity index (χ2v) is 8.08. The SMILES string of the molecule is CC(C)n1ccc2c(OCC(=O)N3CCN(c4ccc(Cl)cc4)CC3)cccc21. The molecule has 1 aliphatic heterocycles. The molecule has 1 fully saturated rings. The molecule has 0 aliphatic carbocycles. The fraction of sp³-hybridized carbons (Fsp3) is 0.348. The Balaban J connectivity index is 1.35. The molecule has 4 rings (SSSR count). The number of aromatic nitrogens is 1. The first-order valence-corrected chi connectivity index (χ1v) is 10.4. The number of hydrogen-bond acceptors (Lipinski definition) is 3. The highest BCUT2D eigenvalue weighted by atomic mass is 35.5. The van der Waals surface area contributed by atoms with Gasteiger partial charge in [0.15, 0.2) is 6.61 Å². The fourth-order valence-corrected chi connectivity index (χ4v) is 3.96. The van der Waals surface area contributed by atoms with Gasteiger partial charge in [0.1, 0.15) is 5.75 Å². The van der Waals surface area contributed by atoms with Gasteiger partial charge >= 0.3 is 0 Å². The van der Waals surface area contributed by atoms with Crippen LogP contribution in [-0.2, 0) is 4.79 Å². The van der Waals surface area contributed by atoms with E-state index in [1.54, 1.807) is 0 Å². The molecule has 1 aliphatic rings. The number of fused-ring (bicyclic) bond motifs is 1. The van der Waals surface area contributed by atoms with Crippen molar-refractivity contribution in [3.63, 3.8) is 0 Å². The van der Waals surface area contributed by atoms with E-state index in [2.05, 4.69) is 41.6 Å². The summed E-state index contributed by atoms with van der Waals surface area (Å²) in [6, 6.07) is 16.3. The molecule has 5 nitrogen and oxygen atoms in total. The van der Waals surface area contributed by atoms with Gasteiger partial charge in [-0.3, -0.25) is 4.79 Å². The lowest BCUT2D eigenvalue weighted by Crippen LogP contribution is -2.50. The van der Waals surface area contributed by atoms with E-state index in [4.69, 9.17) is 16.3 Å². The van der Waals surface area contributed by atoms with E-state index in [0.717, 1.165) is 40.5 Å². The summed E-state index contributed by atoms with van der Waals surface area (Å²) >= 11 is 5.97. The van der Waals surface area contributed by atoms with Gasteiger partial charge in [0, 0.05) is 54.5 Å². The number of anilines is 1. The molecule has 0 atom stereocenters. The van der Waals surface area contributed by atoms with Crippen LogP contribution in [0.1, 0.15) is 19.9 Å². The summed E-state index contributed by atoms with van der Waals surface area (Å²) in [6.45, 7) is 7.37. The lowest BCUT2D eigenvalue weighted by molar-refractivity contribution is -0.133. The van der Waals surface area contributed by atoms with E-state index >= 15 is 0 Å². The Morgan fingerprint density at radius 3 is 2.45 bits per heavy atom. The molecule has 2 heterocycles. The van der Waals surface area contributed by atoms with E-state index in [9.17, 15) is 4.79 Å². The van der Waals surface area contributed by atoms with Crippen molar-refractivity contribution < 1.29 is 9.53 Å². The summed E-state index contributed by atoms with van der Waals surface area (Å²) in [5.41, 5.74) is 2.26. The molecule has 0 bridgehead atoms. The zero-order valence-corrected chi connectivity index (χ0v) is 17.6. The van der Waals surface area contributed by atoms with Crippen LogP contribution in [0.3, 0.4) is 0 Å². The van der Waals surface area contributed by atoms with Crippen LogP contribution in [0.4, 0.5) is 5.69 Å². The van der Waals surface area contributed by atoms with Gasteiger partial charge in [-0.2, -0.15) is 0 Å². The summed E-state index contributed by atoms with van der Waals surface area (Å²) in [4.78, 5) is 16.8. The molecule has 0 N–H and O–H groups in total. The van der Waals surface area contributed by atoms with Gasteiger partial charge in [0.05, 0.1) is 5.52 Å². The highest BCUT2D eigenvalue weighted by molar-refractivity contribution is 6.30. The number of nitrogens with zero attached hydrogens (tertiary/aromatic N) is 3. The van der Waals surface area contributed by atoms with Crippen LogP contribution < -0.4 is 9.64 Å². The first-order chi connectivity index (χ1) is 14.0. The number of ether oxygens (including phenoxy) is 1. The quantitative estimate of drug-likeness (QED) is 0.615. The second-order valence-electron chi connectivity index (χ2n) is 7.64. The molecule has 0 spiro atoms. The first-order valence-electron chi connectivity index (χ1n) is 10.0. The summed E-state index contributed by atoms with van der Waals surface area (Å²) in [6.07, 6.45) is 2.07. The molecule has 0 unspecified atom stereocenters. The Morgan fingerprint density at radius 2 is 1.76 bits per heavy atom. The van der Waals surface area contributed by atoms with E-state index in [1.165, 1.54) is 0 Å². The van der Waals surface area contributed by atoms with Crippen molar-refractivity contribution >= 4 is 34.1 Å². The molecular weight excluding hydrogens is 386 g/mol. The minimum atomic E-state index is 0.0288. The van der Waals surface area contributed by atoms with Crippen LogP contribution in [0.25, 0.3) is 10.9 Å². The highest BCUT2D eigenvalue weighted by Crippen LogP contribution is 2.28. The fourth-order valence-electron chi connectivity index (χ4n) is 3.83. The molecule has 152 valence electrons. The molecule has 0 saturated carbocycles. The van der Waals surface area contributed by atoms with Crippen molar-refractivity contribution in [2.24, 2.45) is 0 Å². The van der Waals surface area contributed by atoms with Crippen molar-refractivity contribution in [1.82, 2.24) is 9.47 Å². The van der Waals surface area contributed by atoms with Gasteiger partial charge in [-0.1, -0.05) is 17.7 Å². The number of piperazine rings is 1. The van der Waals surface area contributed by atoms with Crippen LogP contribution in [0.15, 0.2) is 54.7 Å². The van der Waals surface area contributed by atoms with E-state index in [1.807, 2.05) is 41.3 Å². The summed E-state index contributed by atoms with van der Waals surface area (Å²) in [5.74, 6) is 0.788. The molecule has 1 saturated heterocycles. The number of carbonyl (C=O) groups excluding carboxylic acids is 1. The van der Waals surface area contributed by atoms with Crippen LogP contribution in [0, 0.1) is 0 Å². The minimum Gasteiger partial charge on any atom is -0.483 e. The number of amides is 1. The minimum absolute atomic E-state index is 0.0288. The predicted molar refractivity (Wildman–Crippen MR) is 118 cm³/mol. The molecule has 3 aromatic rings. The van der Waals surface area contributed by atoms with Crippen molar-refractivity contribution in [3.05, 3.63) is 59.8 Å². The molecule has 29 heavy (non-hydrogen) atoms. The Hall–Kier alpha value is -2.66. The number of carbonyl (C=O) groups is 1. The largest absolute Gasteiger partial charge is 0.483 e. The Bertz CT molecular complexity index is 989. The summed E-state index contributed by atoms with van der Waals surface area (Å²) in [7, 11) is 0. The van der Waals surface area contributed by atoms with Crippen LogP contribution in [-0.4, -0.2) is 48.2 Å². The van der Waals surface area contributed by atoms with Crippen molar-refractivity contribution in [1.29, 1.82) is 0 Å². The molecule has 1 aromatic heterocycles. The molecule has 1 amide bonds. The van der Waals surface area contributed by atoms with E-state index < -0.39 is 0 Å². The predicted octanol–water partition coefficient (Wildman–Crippen LogP) is 4.60. The van der Waals surface area contributed by atoms with Crippen LogP contribution in [0.2, 0.25) is 5.02 Å². The van der Waals surface area contributed by atoms with E-state index in [0.29, 0.717) is 19.1 Å². The summed E-state index contributed by atoms with van der Waals surface area (Å²) < 4.78 is 8.13. The molecule has 0 radical (unpaired) electrons. The molecule has 6 heteroatoms. The van der Waals surface area contributed by atoms with Gasteiger partial charge in [-0.15, -0.1) is 0 Å². The van der Waals surface area contributed by atoms with E-state index in [-0.39, 0.29) is 12.5 Å². The molecule has 2 aromatic carbocycles. The Kier molecular flexibility index (Phi) is 5.67. The topological polar surface area (TPSA) is 37.7 Å². The van der Waals surface area contributed by atoms with Crippen molar-refractivity contribution in [3.8, 4) is 5.75 Å². The monoisotopic (exact) mass is 411 g/mol. The number of halogens is 1. The zero-order chi connectivity index (χ0) is 20.4. The maximum atomic E-state index is 12.7. The number of rotatable bonds is 5. The Morgan fingerprint density at radius 1 is 1.03 bits per heavy atom. The zero-order valence-electron chi connectivity index (χ0n) is 16.8. The smallest absolute Gasteiger partial charge is 0.260 e. The van der Waals surface area contributed by atoms with Gasteiger partial charge in [-0.05, 0) is 56.3 Å². The van der Waals surface area contributed by atoms with Crippen molar-refractivity contribution in [2.75, 3.05) is 37.7 Å². The Labute approximate surface area is 176 Å². The first kappa shape index (κ1) is 19.6. The third-order valence-electron chi connectivity index (χ3n) is 5.45. The third kappa shape index (κ3) is 4.20. The third-order valence-corrected chi connectivity index (χ3v) is 5.71. The standard InChI is InChI=1S/C23H26ClN3O2/c1-17(2)27-11-10-20-21(27)4-3-5-22(20)29-16-23(28)26-14-12-25(13-15-26)19-8-6-18(24)7-9-19/h3-11,17H,12-16H2,1-2H3. The maximum Gasteiger partial charge on any atom is 0.260 e. The average Bonchev–Trinajstić information content (AvgIpc) is 3.18. The molecular formula is C23H26ClN3O2. The number of benzene rings is 2. The number of hydrogen-bond donors (Lipinski definition) is 0. The highest BCUT2D eigenvalue weighted by Gasteiger charge is 2.22. The second kappa shape index (κ2) is 8.37. The van der Waals surface area contributed by atoms with Crippen molar-refractivity contribution in [2.45, 2.75) is 19.9 Å². The average molecular weight is 412 g/mol. The van der Waals surface area contributed by atoms with Crippen LogP contribution in [0.5, 0.6) is 5.75 Å². The van der Waals surface area contributed by atoms with Gasteiger partial charge in [0.2, 0.25) is 0 Å². The lowest BCUT2D eigenvalue weighted by Gasteiger charge is -2.36. The van der Waals surface area contributed by atoms with Crippen LogP contribution >= 0.6 is 11.6 Å².